The first-order valence-electron chi connectivity index (χ1n) is 15.8. The SMILES string of the molecule is COc1c(O)c(O)c(CO)c([C@@H]2C[C@H](O)[C@@H]3CC[C@@H](c4ccc(O)c([C@@H]5CCC[C@@H](C)C5)c4)C[C@@H]3O2)c1Cc1cc[nH]c1. The minimum absolute atomic E-state index is 0.0124. The molecule has 8 heteroatoms. The molecule has 7 atom stereocenters. The number of phenols is 3. The van der Waals surface area contributed by atoms with Crippen LogP contribution in [0.5, 0.6) is 23.0 Å². The molecule has 3 aromatic rings. The number of ether oxygens (including phenoxy) is 2. The minimum atomic E-state index is -0.614. The number of benzene rings is 2. The van der Waals surface area contributed by atoms with Crippen LogP contribution >= 0.6 is 0 Å². The van der Waals surface area contributed by atoms with Crippen molar-refractivity contribution in [2.24, 2.45) is 11.8 Å². The maximum absolute atomic E-state index is 11.4. The molecule has 3 fully saturated rings. The zero-order valence-electron chi connectivity index (χ0n) is 25.1. The van der Waals surface area contributed by atoms with E-state index in [-0.39, 0.29) is 29.3 Å². The zero-order chi connectivity index (χ0) is 30.2. The third-order valence-electron chi connectivity index (χ3n) is 10.4. The van der Waals surface area contributed by atoms with E-state index in [1.165, 1.54) is 25.5 Å². The van der Waals surface area contributed by atoms with Crippen molar-refractivity contribution in [2.75, 3.05) is 7.11 Å². The van der Waals surface area contributed by atoms with E-state index in [2.05, 4.69) is 18.0 Å². The Labute approximate surface area is 253 Å². The summed E-state index contributed by atoms with van der Waals surface area (Å²) in [6.45, 7) is 1.80. The van der Waals surface area contributed by atoms with Gasteiger partial charge in [-0.1, -0.05) is 31.9 Å². The third-order valence-corrected chi connectivity index (χ3v) is 10.4. The van der Waals surface area contributed by atoms with Gasteiger partial charge < -0.3 is 40.0 Å². The number of rotatable bonds is 7. The minimum Gasteiger partial charge on any atom is -0.508 e. The van der Waals surface area contributed by atoms with Gasteiger partial charge in [0.25, 0.3) is 0 Å². The number of phenolic OH excluding ortho intramolecular Hbond substituents is 2. The van der Waals surface area contributed by atoms with Crippen molar-refractivity contribution >= 4 is 0 Å². The number of aromatic hydroxyl groups is 3. The monoisotopic (exact) mass is 591 g/mol. The molecule has 1 aromatic heterocycles. The van der Waals surface area contributed by atoms with Crippen molar-refractivity contribution < 1.29 is 35.0 Å². The van der Waals surface area contributed by atoms with E-state index >= 15 is 0 Å². The van der Waals surface area contributed by atoms with Crippen molar-refractivity contribution in [1.82, 2.24) is 4.98 Å². The van der Waals surface area contributed by atoms with Crippen LogP contribution in [-0.2, 0) is 17.8 Å². The molecule has 0 unspecified atom stereocenters. The van der Waals surface area contributed by atoms with Crippen molar-refractivity contribution in [1.29, 1.82) is 0 Å². The topological polar surface area (TPSA) is 135 Å². The molecule has 8 nitrogen and oxygen atoms in total. The van der Waals surface area contributed by atoms with E-state index in [1.807, 2.05) is 30.6 Å². The molecule has 1 aliphatic heterocycles. The number of aliphatic hydroxyl groups excluding tert-OH is 2. The highest BCUT2D eigenvalue weighted by Crippen LogP contribution is 2.52. The Morgan fingerprint density at radius 2 is 1.79 bits per heavy atom. The molecule has 0 spiro atoms. The summed E-state index contributed by atoms with van der Waals surface area (Å²) in [6, 6.07) is 8.02. The van der Waals surface area contributed by atoms with Crippen LogP contribution in [0.4, 0.5) is 0 Å². The molecule has 0 radical (unpaired) electrons. The van der Waals surface area contributed by atoms with E-state index in [4.69, 9.17) is 9.47 Å². The maximum Gasteiger partial charge on any atom is 0.201 e. The first kappa shape index (κ1) is 29.9. The van der Waals surface area contributed by atoms with Gasteiger partial charge in [0.2, 0.25) is 5.75 Å². The lowest BCUT2D eigenvalue weighted by molar-refractivity contribution is -0.154. The van der Waals surface area contributed by atoms with Gasteiger partial charge in [0, 0.05) is 42.3 Å². The number of aliphatic hydroxyl groups is 2. The normalized spacial score (nSPS) is 29.3. The number of H-pyrrole nitrogens is 1. The van der Waals surface area contributed by atoms with Crippen molar-refractivity contribution in [3.8, 4) is 23.0 Å². The smallest absolute Gasteiger partial charge is 0.201 e. The lowest BCUT2D eigenvalue weighted by Gasteiger charge is -2.45. The molecular formula is C35H45NO7. The molecule has 2 saturated carbocycles. The average molecular weight is 592 g/mol. The molecule has 6 N–H and O–H groups in total. The van der Waals surface area contributed by atoms with Crippen LogP contribution in [-0.4, -0.2) is 49.8 Å². The van der Waals surface area contributed by atoms with Crippen LogP contribution in [0, 0.1) is 11.8 Å². The van der Waals surface area contributed by atoms with Gasteiger partial charge in [-0.15, -0.1) is 0 Å². The standard InChI is InChI=1S/C35H45NO7/c1-19-4-3-5-23(12-19)25-14-21(7-9-28(25)38)22-6-8-24-29(39)16-31(43-30(24)15-22)32-26(13-20-10-11-36-17-20)35(42-2)34(41)33(40)27(32)18-37/h7,9-11,14,17,19,22-24,29-31,36-41H,3-6,8,12-13,15-16,18H2,1-2H3/t19-,22-,23-,24+,29+,30+,31+/m1/s1. The van der Waals surface area contributed by atoms with Gasteiger partial charge in [-0.05, 0) is 84.2 Å². The van der Waals surface area contributed by atoms with E-state index in [0.717, 1.165) is 43.2 Å². The summed E-state index contributed by atoms with van der Waals surface area (Å²) in [4.78, 5) is 3.05. The quantitative estimate of drug-likeness (QED) is 0.178. The van der Waals surface area contributed by atoms with E-state index in [0.29, 0.717) is 41.6 Å². The number of nitrogens with one attached hydrogen (secondary N) is 1. The molecule has 0 bridgehead atoms. The largest absolute Gasteiger partial charge is 0.508 e. The van der Waals surface area contributed by atoms with E-state index in [9.17, 15) is 25.5 Å². The number of methoxy groups -OCH3 is 1. The molecule has 2 heterocycles. The maximum atomic E-state index is 11.4. The van der Waals surface area contributed by atoms with Crippen molar-refractivity contribution in [3.63, 3.8) is 0 Å². The van der Waals surface area contributed by atoms with Gasteiger partial charge in [0.05, 0.1) is 32.0 Å². The molecule has 2 aliphatic carbocycles. The zero-order valence-corrected chi connectivity index (χ0v) is 25.1. The molecule has 232 valence electrons. The van der Waals surface area contributed by atoms with Crippen LogP contribution in [0.3, 0.4) is 0 Å². The fourth-order valence-electron chi connectivity index (χ4n) is 8.21. The van der Waals surface area contributed by atoms with Crippen molar-refractivity contribution in [2.45, 2.75) is 101 Å². The first-order chi connectivity index (χ1) is 20.8. The van der Waals surface area contributed by atoms with Crippen LogP contribution in [0.2, 0.25) is 0 Å². The van der Waals surface area contributed by atoms with Gasteiger partial charge in [-0.3, -0.25) is 0 Å². The fraction of sp³-hybridized carbons (Fsp3) is 0.543. The Bertz CT molecular complexity index is 1420. The number of aromatic nitrogens is 1. The van der Waals surface area contributed by atoms with E-state index in [1.54, 1.807) is 0 Å². The number of fused-ring (bicyclic) bond motifs is 1. The number of aromatic amines is 1. The summed E-state index contributed by atoms with van der Waals surface area (Å²) < 4.78 is 12.4. The lowest BCUT2D eigenvalue weighted by atomic mass is 9.71. The van der Waals surface area contributed by atoms with Crippen LogP contribution < -0.4 is 4.74 Å². The second-order valence-electron chi connectivity index (χ2n) is 13.1. The average Bonchev–Trinajstić information content (AvgIpc) is 3.52. The Kier molecular flexibility index (Phi) is 8.63. The van der Waals surface area contributed by atoms with E-state index < -0.39 is 30.3 Å². The summed E-state index contributed by atoms with van der Waals surface area (Å²) in [5.74, 6) is 0.939. The van der Waals surface area contributed by atoms with Gasteiger partial charge in [0.15, 0.2) is 11.5 Å². The fourth-order valence-corrected chi connectivity index (χ4v) is 8.21. The van der Waals surface area contributed by atoms with Crippen LogP contribution in [0.25, 0.3) is 0 Å². The highest BCUT2D eigenvalue weighted by molar-refractivity contribution is 5.64. The second kappa shape index (κ2) is 12.4. The molecule has 0 amide bonds. The number of hydrogen-bond donors (Lipinski definition) is 6. The molecule has 1 saturated heterocycles. The Hall–Kier alpha value is -3.20. The summed E-state index contributed by atoms with van der Waals surface area (Å²) in [5.41, 5.74) is 4.58. The van der Waals surface area contributed by atoms with Crippen LogP contribution in [0.15, 0.2) is 36.7 Å². The molecule has 3 aliphatic rings. The predicted molar refractivity (Wildman–Crippen MR) is 163 cm³/mol. The Balaban J connectivity index is 1.31. The second-order valence-corrected chi connectivity index (χ2v) is 13.1. The molecule has 2 aromatic carbocycles. The highest BCUT2D eigenvalue weighted by atomic mass is 16.5. The molecule has 6 rings (SSSR count). The Morgan fingerprint density at radius 1 is 0.953 bits per heavy atom. The number of hydrogen-bond acceptors (Lipinski definition) is 7. The van der Waals surface area contributed by atoms with Crippen molar-refractivity contribution in [3.05, 3.63) is 70.0 Å². The summed E-state index contributed by atoms with van der Waals surface area (Å²) in [5, 5.41) is 54.2. The van der Waals surface area contributed by atoms with Gasteiger partial charge in [-0.2, -0.15) is 0 Å². The summed E-state index contributed by atoms with van der Waals surface area (Å²) >= 11 is 0. The van der Waals surface area contributed by atoms with Crippen LogP contribution in [0.1, 0.15) is 110 Å². The first-order valence-corrected chi connectivity index (χ1v) is 15.8. The van der Waals surface area contributed by atoms with Gasteiger partial charge in [-0.25, -0.2) is 0 Å². The highest BCUT2D eigenvalue weighted by Gasteiger charge is 2.44. The molecule has 43 heavy (non-hydrogen) atoms. The predicted octanol–water partition coefficient (Wildman–Crippen LogP) is 6.29. The van der Waals surface area contributed by atoms with Gasteiger partial charge >= 0.3 is 0 Å². The lowest BCUT2D eigenvalue weighted by Crippen LogP contribution is -2.44. The third kappa shape index (κ3) is 5.73. The summed E-state index contributed by atoms with van der Waals surface area (Å²) in [7, 11) is 1.44. The van der Waals surface area contributed by atoms with Gasteiger partial charge in [0.1, 0.15) is 5.75 Å². The Morgan fingerprint density at radius 3 is 2.51 bits per heavy atom. The molecular weight excluding hydrogens is 546 g/mol. The summed E-state index contributed by atoms with van der Waals surface area (Å²) in [6.07, 6.45) is 10.0.